The summed E-state index contributed by atoms with van der Waals surface area (Å²) in [6, 6.07) is 15.8. The van der Waals surface area contributed by atoms with Crippen molar-refractivity contribution in [2.75, 3.05) is 13.2 Å². The molecule has 0 radical (unpaired) electrons. The van der Waals surface area contributed by atoms with E-state index in [2.05, 4.69) is 17.1 Å². The molecule has 0 aliphatic heterocycles. The first kappa shape index (κ1) is 13.7. The Morgan fingerprint density at radius 1 is 1.05 bits per heavy atom. The van der Waals surface area contributed by atoms with Crippen molar-refractivity contribution in [3.05, 3.63) is 66.0 Å². The van der Waals surface area contributed by atoms with E-state index in [4.69, 9.17) is 4.74 Å². The van der Waals surface area contributed by atoms with Crippen molar-refractivity contribution in [2.24, 2.45) is 0 Å². The van der Waals surface area contributed by atoms with Gasteiger partial charge in [0.25, 0.3) is 0 Å². The molecule has 0 unspecified atom stereocenters. The van der Waals surface area contributed by atoms with Crippen LogP contribution >= 0.6 is 0 Å². The Balaban J connectivity index is 1.62. The molecule has 1 atom stereocenters. The van der Waals surface area contributed by atoms with Gasteiger partial charge < -0.3 is 9.84 Å². The molecule has 0 aliphatic carbocycles. The van der Waals surface area contributed by atoms with Gasteiger partial charge in [-0.15, -0.1) is 0 Å². The zero-order valence-electron chi connectivity index (χ0n) is 10.9. The third-order valence-electron chi connectivity index (χ3n) is 2.90. The van der Waals surface area contributed by atoms with E-state index in [0.717, 1.165) is 12.8 Å². The van der Waals surface area contributed by atoms with Crippen molar-refractivity contribution >= 4 is 0 Å². The number of aliphatic hydroxyl groups excluding tert-OH is 1. The largest absolute Gasteiger partial charge is 0.384 e. The first-order valence-corrected chi connectivity index (χ1v) is 6.57. The van der Waals surface area contributed by atoms with Crippen LogP contribution < -0.4 is 0 Å². The number of benzene rings is 1. The second-order valence-electron chi connectivity index (χ2n) is 4.43. The highest BCUT2D eigenvalue weighted by atomic mass is 16.5. The van der Waals surface area contributed by atoms with Crippen molar-refractivity contribution in [1.82, 2.24) is 4.98 Å². The number of hydrogen-bond donors (Lipinski definition) is 1. The quantitative estimate of drug-likeness (QED) is 0.775. The average Bonchev–Trinajstić information content (AvgIpc) is 2.49. The Hall–Kier alpha value is -1.71. The molecule has 1 N–H and O–H groups in total. The molecule has 0 bridgehead atoms. The van der Waals surface area contributed by atoms with Gasteiger partial charge >= 0.3 is 0 Å². The monoisotopic (exact) mass is 257 g/mol. The summed E-state index contributed by atoms with van der Waals surface area (Å²) in [5.74, 6) is 0. The fourth-order valence-corrected chi connectivity index (χ4v) is 1.88. The summed E-state index contributed by atoms with van der Waals surface area (Å²) in [4.78, 5) is 4.10. The number of rotatable bonds is 7. The van der Waals surface area contributed by atoms with Gasteiger partial charge in [-0.25, -0.2) is 0 Å². The fraction of sp³-hybridized carbons (Fsp3) is 0.312. The van der Waals surface area contributed by atoms with Crippen LogP contribution in [0, 0.1) is 0 Å². The number of aromatic nitrogens is 1. The highest BCUT2D eigenvalue weighted by Gasteiger charge is 2.07. The van der Waals surface area contributed by atoms with Crippen LogP contribution in [0.15, 0.2) is 54.7 Å². The van der Waals surface area contributed by atoms with E-state index in [1.807, 2.05) is 30.3 Å². The van der Waals surface area contributed by atoms with E-state index in [9.17, 15) is 5.11 Å². The number of nitrogens with zero attached hydrogens (tertiary/aromatic N) is 1. The maximum Gasteiger partial charge on any atom is 0.119 e. The standard InChI is InChI=1S/C16H19NO2/c18-16(15-10-4-5-11-17-15)13-19-12-6-9-14-7-2-1-3-8-14/h1-5,7-8,10-11,16,18H,6,9,12-13H2/t16-/m0/s1. The third kappa shape index (κ3) is 4.81. The lowest BCUT2D eigenvalue weighted by Gasteiger charge is -2.10. The fourth-order valence-electron chi connectivity index (χ4n) is 1.88. The predicted octanol–water partition coefficient (Wildman–Crippen LogP) is 2.76. The number of aryl methyl sites for hydroxylation is 1. The van der Waals surface area contributed by atoms with E-state index in [-0.39, 0.29) is 0 Å². The Kier molecular flexibility index (Phi) is 5.53. The van der Waals surface area contributed by atoms with Crippen molar-refractivity contribution in [2.45, 2.75) is 18.9 Å². The lowest BCUT2D eigenvalue weighted by Crippen LogP contribution is -2.09. The second kappa shape index (κ2) is 7.67. The van der Waals surface area contributed by atoms with Gasteiger partial charge in [0.05, 0.1) is 12.3 Å². The summed E-state index contributed by atoms with van der Waals surface area (Å²) in [7, 11) is 0. The van der Waals surface area contributed by atoms with E-state index in [1.165, 1.54) is 5.56 Å². The average molecular weight is 257 g/mol. The maximum absolute atomic E-state index is 9.85. The number of hydrogen-bond acceptors (Lipinski definition) is 3. The molecule has 0 spiro atoms. The molecule has 0 amide bonds. The van der Waals surface area contributed by atoms with Crippen LogP contribution in [0.4, 0.5) is 0 Å². The second-order valence-corrected chi connectivity index (χ2v) is 4.43. The molecule has 3 heteroatoms. The van der Waals surface area contributed by atoms with Crippen LogP contribution in [-0.2, 0) is 11.2 Å². The van der Waals surface area contributed by atoms with E-state index in [0.29, 0.717) is 18.9 Å². The predicted molar refractivity (Wildman–Crippen MR) is 74.8 cm³/mol. The molecule has 0 saturated heterocycles. The van der Waals surface area contributed by atoms with Gasteiger partial charge in [-0.2, -0.15) is 0 Å². The van der Waals surface area contributed by atoms with Gasteiger partial charge in [-0.1, -0.05) is 36.4 Å². The maximum atomic E-state index is 9.85. The summed E-state index contributed by atoms with van der Waals surface area (Å²) in [5.41, 5.74) is 1.97. The summed E-state index contributed by atoms with van der Waals surface area (Å²) in [6.07, 6.45) is 2.99. The minimum Gasteiger partial charge on any atom is -0.384 e. The first-order valence-electron chi connectivity index (χ1n) is 6.57. The summed E-state index contributed by atoms with van der Waals surface area (Å²) in [5, 5.41) is 9.85. The van der Waals surface area contributed by atoms with E-state index < -0.39 is 6.10 Å². The molecular weight excluding hydrogens is 238 g/mol. The molecule has 0 saturated carbocycles. The molecule has 1 aromatic heterocycles. The van der Waals surface area contributed by atoms with Crippen molar-refractivity contribution in [1.29, 1.82) is 0 Å². The van der Waals surface area contributed by atoms with Crippen molar-refractivity contribution in [3.63, 3.8) is 0 Å². The first-order chi connectivity index (χ1) is 9.36. The summed E-state index contributed by atoms with van der Waals surface area (Å²) in [6.45, 7) is 0.949. The molecule has 0 fully saturated rings. The van der Waals surface area contributed by atoms with E-state index in [1.54, 1.807) is 12.3 Å². The number of aliphatic hydroxyl groups is 1. The molecule has 1 aromatic carbocycles. The number of ether oxygens (including phenoxy) is 1. The van der Waals surface area contributed by atoms with Crippen LogP contribution in [0.2, 0.25) is 0 Å². The molecule has 2 aromatic rings. The van der Waals surface area contributed by atoms with Gasteiger partial charge in [0.2, 0.25) is 0 Å². The van der Waals surface area contributed by atoms with Crippen LogP contribution in [0.3, 0.4) is 0 Å². The van der Waals surface area contributed by atoms with Gasteiger partial charge in [-0.3, -0.25) is 4.98 Å². The zero-order chi connectivity index (χ0) is 13.3. The minimum absolute atomic E-state index is 0.297. The molecular formula is C16H19NO2. The highest BCUT2D eigenvalue weighted by molar-refractivity contribution is 5.14. The van der Waals surface area contributed by atoms with Gasteiger partial charge in [0, 0.05) is 12.8 Å². The molecule has 1 heterocycles. The lowest BCUT2D eigenvalue weighted by atomic mass is 10.1. The Bertz CT molecular complexity index is 459. The zero-order valence-corrected chi connectivity index (χ0v) is 10.9. The molecule has 100 valence electrons. The van der Waals surface area contributed by atoms with Crippen LogP contribution in [0.5, 0.6) is 0 Å². The smallest absolute Gasteiger partial charge is 0.119 e. The lowest BCUT2D eigenvalue weighted by molar-refractivity contribution is 0.0331. The normalized spacial score (nSPS) is 12.3. The molecule has 0 aliphatic rings. The van der Waals surface area contributed by atoms with Gasteiger partial charge in [-0.05, 0) is 30.5 Å². The Morgan fingerprint density at radius 2 is 1.84 bits per heavy atom. The SMILES string of the molecule is O[C@@H](COCCCc1ccccc1)c1ccccn1. The Labute approximate surface area is 113 Å². The minimum atomic E-state index is -0.641. The Morgan fingerprint density at radius 3 is 2.58 bits per heavy atom. The third-order valence-corrected chi connectivity index (χ3v) is 2.90. The number of pyridine rings is 1. The van der Waals surface area contributed by atoms with Crippen LogP contribution in [-0.4, -0.2) is 23.3 Å². The van der Waals surface area contributed by atoms with Gasteiger partial charge in [0.15, 0.2) is 0 Å². The van der Waals surface area contributed by atoms with Crippen LogP contribution in [0.1, 0.15) is 23.8 Å². The highest BCUT2D eigenvalue weighted by Crippen LogP contribution is 2.09. The molecule has 3 nitrogen and oxygen atoms in total. The summed E-state index contributed by atoms with van der Waals surface area (Å²) < 4.78 is 5.48. The van der Waals surface area contributed by atoms with Crippen molar-refractivity contribution in [3.8, 4) is 0 Å². The van der Waals surface area contributed by atoms with Gasteiger partial charge in [0.1, 0.15) is 6.10 Å². The molecule has 2 rings (SSSR count). The topological polar surface area (TPSA) is 42.4 Å². The van der Waals surface area contributed by atoms with Crippen LogP contribution in [0.25, 0.3) is 0 Å². The van der Waals surface area contributed by atoms with Crippen molar-refractivity contribution < 1.29 is 9.84 Å². The molecule has 19 heavy (non-hydrogen) atoms. The summed E-state index contributed by atoms with van der Waals surface area (Å²) >= 11 is 0. The van der Waals surface area contributed by atoms with E-state index >= 15 is 0 Å².